The highest BCUT2D eigenvalue weighted by Crippen LogP contribution is 2.20. The van der Waals surface area contributed by atoms with Gasteiger partial charge in [-0.2, -0.15) is 0 Å². The second-order valence-electron chi connectivity index (χ2n) is 6.91. The van der Waals surface area contributed by atoms with Crippen LogP contribution >= 0.6 is 0 Å². The van der Waals surface area contributed by atoms with E-state index in [-0.39, 0.29) is 18.6 Å². The maximum atomic E-state index is 12.4. The quantitative estimate of drug-likeness (QED) is 0.529. The van der Waals surface area contributed by atoms with Crippen molar-refractivity contribution in [3.05, 3.63) is 70.9 Å². The summed E-state index contributed by atoms with van der Waals surface area (Å²) in [5.74, 6) is -0.894. The van der Waals surface area contributed by atoms with Crippen LogP contribution in [0.15, 0.2) is 48.7 Å². The Kier molecular flexibility index (Phi) is 5.59. The van der Waals surface area contributed by atoms with E-state index < -0.39 is 11.8 Å². The van der Waals surface area contributed by atoms with E-state index in [1.165, 1.54) is 0 Å². The number of para-hydroxylation sites is 1. The van der Waals surface area contributed by atoms with Crippen LogP contribution in [0.4, 0.5) is 0 Å². The molecule has 2 aromatic carbocycles. The van der Waals surface area contributed by atoms with Crippen LogP contribution in [0.25, 0.3) is 10.9 Å². The maximum absolute atomic E-state index is 12.4. The summed E-state index contributed by atoms with van der Waals surface area (Å²) in [6.45, 7) is 3.79. The van der Waals surface area contributed by atoms with Crippen molar-refractivity contribution in [2.75, 3.05) is 0 Å². The van der Waals surface area contributed by atoms with Gasteiger partial charge in [0.05, 0.1) is 5.56 Å². The number of hydrazine groups is 1. The van der Waals surface area contributed by atoms with Crippen molar-refractivity contribution in [1.29, 1.82) is 0 Å². The Morgan fingerprint density at radius 2 is 1.68 bits per heavy atom. The van der Waals surface area contributed by atoms with Crippen molar-refractivity contribution >= 4 is 28.5 Å². The number of Topliss-reactive ketones (excluding diaryl/α,β-unsaturated/α-hetero) is 1. The van der Waals surface area contributed by atoms with Crippen LogP contribution in [0.5, 0.6) is 0 Å². The third-order valence-corrected chi connectivity index (χ3v) is 4.73. The van der Waals surface area contributed by atoms with Gasteiger partial charge in [0.25, 0.3) is 5.91 Å². The standard InChI is InChI=1S/C22H23N3O3/c1-14-8-9-15(2)17(12-14)20(26)10-11-21(27)23-24-22(28)18-13-25(3)19-7-5-4-6-16(18)19/h4-9,12-13H,10-11H2,1-3H3,(H,23,27)(H,24,28). The third-order valence-electron chi connectivity index (χ3n) is 4.73. The van der Waals surface area contributed by atoms with Gasteiger partial charge < -0.3 is 4.57 Å². The zero-order valence-corrected chi connectivity index (χ0v) is 16.2. The topological polar surface area (TPSA) is 80.2 Å². The number of ketones is 1. The van der Waals surface area contributed by atoms with Gasteiger partial charge in [0.2, 0.25) is 5.91 Å². The molecule has 6 nitrogen and oxygen atoms in total. The molecule has 3 rings (SSSR count). The number of aromatic nitrogens is 1. The molecule has 0 aliphatic rings. The van der Waals surface area contributed by atoms with Crippen LogP contribution < -0.4 is 10.9 Å². The zero-order valence-electron chi connectivity index (χ0n) is 16.2. The predicted molar refractivity (Wildman–Crippen MR) is 108 cm³/mol. The van der Waals surface area contributed by atoms with Gasteiger partial charge in [0.1, 0.15) is 0 Å². The Morgan fingerprint density at radius 3 is 2.46 bits per heavy atom. The van der Waals surface area contributed by atoms with Gasteiger partial charge in [-0.1, -0.05) is 35.9 Å². The van der Waals surface area contributed by atoms with Crippen LogP contribution in [0, 0.1) is 13.8 Å². The van der Waals surface area contributed by atoms with Gasteiger partial charge in [-0.3, -0.25) is 25.2 Å². The molecule has 28 heavy (non-hydrogen) atoms. The first-order valence-electron chi connectivity index (χ1n) is 9.10. The van der Waals surface area contributed by atoms with Crippen LogP contribution in [0.1, 0.15) is 44.7 Å². The van der Waals surface area contributed by atoms with Crippen molar-refractivity contribution in [3.8, 4) is 0 Å². The lowest BCUT2D eigenvalue weighted by Crippen LogP contribution is -2.41. The summed E-state index contributed by atoms with van der Waals surface area (Å²) >= 11 is 0. The maximum Gasteiger partial charge on any atom is 0.271 e. The van der Waals surface area contributed by atoms with Crippen LogP contribution in [-0.4, -0.2) is 22.2 Å². The summed E-state index contributed by atoms with van der Waals surface area (Å²) in [6.07, 6.45) is 1.80. The first kappa shape index (κ1) is 19.4. The van der Waals surface area contributed by atoms with Gasteiger partial charge in [-0.15, -0.1) is 0 Å². The van der Waals surface area contributed by atoms with Crippen LogP contribution in [0.2, 0.25) is 0 Å². The molecule has 1 aromatic heterocycles. The van der Waals surface area contributed by atoms with E-state index in [0.717, 1.165) is 22.0 Å². The normalized spacial score (nSPS) is 10.7. The second kappa shape index (κ2) is 8.08. The Hall–Kier alpha value is -3.41. The van der Waals surface area contributed by atoms with E-state index in [0.29, 0.717) is 11.1 Å². The highest BCUT2D eigenvalue weighted by Gasteiger charge is 2.15. The molecule has 2 N–H and O–H groups in total. The Balaban J connectivity index is 1.56. The molecule has 0 aliphatic heterocycles. The van der Waals surface area contributed by atoms with Gasteiger partial charge in [-0.25, -0.2) is 0 Å². The molecule has 0 saturated heterocycles. The number of aryl methyl sites for hydroxylation is 3. The fourth-order valence-electron chi connectivity index (χ4n) is 3.18. The number of hydrogen-bond donors (Lipinski definition) is 2. The number of nitrogens with one attached hydrogen (secondary N) is 2. The minimum Gasteiger partial charge on any atom is -0.350 e. The second-order valence-corrected chi connectivity index (χ2v) is 6.91. The van der Waals surface area contributed by atoms with Crippen LogP contribution in [0.3, 0.4) is 0 Å². The number of amides is 2. The molecule has 1 heterocycles. The largest absolute Gasteiger partial charge is 0.350 e. The molecule has 0 unspecified atom stereocenters. The SMILES string of the molecule is Cc1ccc(C)c(C(=O)CCC(=O)NNC(=O)c2cn(C)c3ccccc23)c1. The fraction of sp³-hybridized carbons (Fsp3) is 0.227. The van der Waals surface area contributed by atoms with E-state index in [1.807, 2.05) is 67.9 Å². The average Bonchev–Trinajstić information content (AvgIpc) is 3.03. The molecule has 0 radical (unpaired) electrons. The Bertz CT molecular complexity index is 1070. The Morgan fingerprint density at radius 1 is 0.929 bits per heavy atom. The zero-order chi connectivity index (χ0) is 20.3. The smallest absolute Gasteiger partial charge is 0.271 e. The Labute approximate surface area is 163 Å². The summed E-state index contributed by atoms with van der Waals surface area (Å²) in [4.78, 5) is 36.8. The van der Waals surface area contributed by atoms with Crippen molar-refractivity contribution in [2.24, 2.45) is 7.05 Å². The fourth-order valence-corrected chi connectivity index (χ4v) is 3.18. The first-order chi connectivity index (χ1) is 13.4. The molecular formula is C22H23N3O3. The monoisotopic (exact) mass is 377 g/mol. The highest BCUT2D eigenvalue weighted by atomic mass is 16.2. The minimum absolute atomic E-state index is 0.00202. The van der Waals surface area contributed by atoms with Crippen molar-refractivity contribution in [1.82, 2.24) is 15.4 Å². The lowest BCUT2D eigenvalue weighted by atomic mass is 9.99. The number of carbonyl (C=O) groups excluding carboxylic acids is 3. The number of benzene rings is 2. The van der Waals surface area contributed by atoms with E-state index in [2.05, 4.69) is 10.9 Å². The van der Waals surface area contributed by atoms with Gasteiger partial charge in [0, 0.05) is 42.6 Å². The van der Waals surface area contributed by atoms with E-state index in [1.54, 1.807) is 6.20 Å². The number of carbonyl (C=O) groups is 3. The molecule has 3 aromatic rings. The first-order valence-corrected chi connectivity index (χ1v) is 9.10. The molecule has 0 aliphatic carbocycles. The molecular weight excluding hydrogens is 354 g/mol. The number of rotatable bonds is 5. The predicted octanol–water partition coefficient (Wildman–Crippen LogP) is 3.22. The molecule has 0 saturated carbocycles. The summed E-state index contributed by atoms with van der Waals surface area (Å²) in [5.41, 5.74) is 8.74. The average molecular weight is 377 g/mol. The molecule has 0 atom stereocenters. The molecule has 6 heteroatoms. The summed E-state index contributed by atoms with van der Waals surface area (Å²) < 4.78 is 1.86. The molecule has 0 bridgehead atoms. The van der Waals surface area contributed by atoms with Gasteiger partial charge >= 0.3 is 0 Å². The summed E-state index contributed by atoms with van der Waals surface area (Å²) in [7, 11) is 1.86. The molecule has 0 spiro atoms. The van der Waals surface area contributed by atoms with Gasteiger partial charge in [-0.05, 0) is 31.5 Å². The van der Waals surface area contributed by atoms with E-state index in [4.69, 9.17) is 0 Å². The van der Waals surface area contributed by atoms with Crippen molar-refractivity contribution < 1.29 is 14.4 Å². The van der Waals surface area contributed by atoms with Crippen molar-refractivity contribution in [3.63, 3.8) is 0 Å². The molecule has 2 amide bonds. The van der Waals surface area contributed by atoms with Crippen LogP contribution in [-0.2, 0) is 11.8 Å². The lowest BCUT2D eigenvalue weighted by molar-refractivity contribution is -0.121. The lowest BCUT2D eigenvalue weighted by Gasteiger charge is -2.08. The van der Waals surface area contributed by atoms with Gasteiger partial charge in [0.15, 0.2) is 5.78 Å². The van der Waals surface area contributed by atoms with E-state index >= 15 is 0 Å². The summed E-state index contributed by atoms with van der Waals surface area (Å²) in [5, 5.41) is 0.807. The summed E-state index contributed by atoms with van der Waals surface area (Å²) in [6, 6.07) is 13.2. The van der Waals surface area contributed by atoms with Crippen molar-refractivity contribution in [2.45, 2.75) is 26.7 Å². The molecule has 0 fully saturated rings. The molecule has 144 valence electrons. The number of fused-ring (bicyclic) bond motifs is 1. The minimum atomic E-state index is -0.410. The number of hydrogen-bond acceptors (Lipinski definition) is 3. The highest BCUT2D eigenvalue weighted by molar-refractivity contribution is 6.07. The number of nitrogens with zero attached hydrogens (tertiary/aromatic N) is 1. The third kappa shape index (κ3) is 4.11. The van der Waals surface area contributed by atoms with E-state index in [9.17, 15) is 14.4 Å².